The standard InChI is InChI=1S/C10H11N3OS2/c1-5-2-7-8(15-5)12-10(11)13-9(7)16-6-3-14-4-6/h2,6H,3-4H2,1H3,(H2,11,12,13). The molecule has 2 N–H and O–H groups in total. The van der Waals surface area contributed by atoms with Gasteiger partial charge in [0.25, 0.3) is 0 Å². The number of aromatic nitrogens is 2. The number of nitrogen functional groups attached to an aromatic ring is 1. The number of aryl methyl sites for hydroxylation is 1. The molecular weight excluding hydrogens is 242 g/mol. The second-order valence-electron chi connectivity index (χ2n) is 3.74. The molecule has 2 aromatic heterocycles. The fourth-order valence-electron chi connectivity index (χ4n) is 1.56. The second kappa shape index (κ2) is 3.87. The fraction of sp³-hybridized carbons (Fsp3) is 0.400. The Labute approximate surface area is 101 Å². The Bertz CT molecular complexity index is 536. The molecule has 2 aromatic rings. The summed E-state index contributed by atoms with van der Waals surface area (Å²) in [7, 11) is 0. The van der Waals surface area contributed by atoms with Crippen molar-refractivity contribution in [1.82, 2.24) is 9.97 Å². The summed E-state index contributed by atoms with van der Waals surface area (Å²) in [4.78, 5) is 10.8. The summed E-state index contributed by atoms with van der Waals surface area (Å²) in [6.45, 7) is 3.68. The van der Waals surface area contributed by atoms with Gasteiger partial charge in [-0.05, 0) is 13.0 Å². The van der Waals surface area contributed by atoms with Crippen LogP contribution in [0.25, 0.3) is 10.2 Å². The third-order valence-electron chi connectivity index (χ3n) is 2.38. The van der Waals surface area contributed by atoms with E-state index in [2.05, 4.69) is 23.0 Å². The SMILES string of the molecule is Cc1cc2c(SC3COC3)nc(N)nc2s1. The highest BCUT2D eigenvalue weighted by molar-refractivity contribution is 8.00. The molecule has 0 aliphatic carbocycles. The maximum atomic E-state index is 5.71. The van der Waals surface area contributed by atoms with E-state index in [0.717, 1.165) is 28.5 Å². The van der Waals surface area contributed by atoms with Crippen molar-refractivity contribution >= 4 is 39.3 Å². The fourth-order valence-corrected chi connectivity index (χ4v) is 3.59. The third kappa shape index (κ3) is 1.77. The van der Waals surface area contributed by atoms with Crippen molar-refractivity contribution in [2.75, 3.05) is 18.9 Å². The third-order valence-corrected chi connectivity index (χ3v) is 4.47. The van der Waals surface area contributed by atoms with E-state index in [4.69, 9.17) is 10.5 Å². The summed E-state index contributed by atoms with van der Waals surface area (Å²) in [5.41, 5.74) is 5.71. The van der Waals surface area contributed by atoms with E-state index in [1.54, 1.807) is 23.1 Å². The number of thiophene rings is 1. The van der Waals surface area contributed by atoms with Crippen LogP contribution in [0.3, 0.4) is 0 Å². The number of hydrogen-bond acceptors (Lipinski definition) is 6. The van der Waals surface area contributed by atoms with Crippen LogP contribution in [-0.4, -0.2) is 28.4 Å². The maximum absolute atomic E-state index is 5.71. The summed E-state index contributed by atoms with van der Waals surface area (Å²) in [6, 6.07) is 2.13. The van der Waals surface area contributed by atoms with Crippen molar-refractivity contribution in [2.45, 2.75) is 17.2 Å². The second-order valence-corrected chi connectivity index (χ2v) is 6.26. The molecule has 4 nitrogen and oxygen atoms in total. The predicted molar refractivity (Wildman–Crippen MR) is 67.0 cm³/mol. The number of thioether (sulfide) groups is 1. The molecule has 1 fully saturated rings. The molecule has 0 radical (unpaired) electrons. The van der Waals surface area contributed by atoms with Crippen LogP contribution in [0.5, 0.6) is 0 Å². The van der Waals surface area contributed by atoms with Crippen LogP contribution in [0, 0.1) is 6.92 Å². The first kappa shape index (κ1) is 10.3. The van der Waals surface area contributed by atoms with Crippen molar-refractivity contribution < 1.29 is 4.74 Å². The molecule has 1 aliphatic heterocycles. The average molecular weight is 253 g/mol. The Hall–Kier alpha value is -0.850. The van der Waals surface area contributed by atoms with Gasteiger partial charge in [-0.1, -0.05) is 11.8 Å². The smallest absolute Gasteiger partial charge is 0.222 e. The first-order valence-corrected chi connectivity index (χ1v) is 6.70. The van der Waals surface area contributed by atoms with Crippen LogP contribution >= 0.6 is 23.1 Å². The van der Waals surface area contributed by atoms with E-state index in [0.29, 0.717) is 11.2 Å². The quantitative estimate of drug-likeness (QED) is 0.830. The Morgan fingerprint density at radius 3 is 3.00 bits per heavy atom. The van der Waals surface area contributed by atoms with E-state index < -0.39 is 0 Å². The topological polar surface area (TPSA) is 61.0 Å². The minimum absolute atomic E-state index is 0.358. The molecule has 1 saturated heterocycles. The molecular formula is C10H11N3OS2. The van der Waals surface area contributed by atoms with Gasteiger partial charge in [0.2, 0.25) is 5.95 Å². The van der Waals surface area contributed by atoms with Crippen LogP contribution in [0.15, 0.2) is 11.1 Å². The average Bonchev–Trinajstić information content (AvgIpc) is 2.51. The summed E-state index contributed by atoms with van der Waals surface area (Å²) in [6.07, 6.45) is 0. The molecule has 0 unspecified atom stereocenters. The minimum Gasteiger partial charge on any atom is -0.379 e. The molecule has 0 saturated carbocycles. The molecule has 1 aliphatic rings. The van der Waals surface area contributed by atoms with Crippen LogP contribution in [0.2, 0.25) is 0 Å². The molecule has 3 rings (SSSR count). The van der Waals surface area contributed by atoms with E-state index in [9.17, 15) is 0 Å². The Morgan fingerprint density at radius 1 is 1.50 bits per heavy atom. The van der Waals surface area contributed by atoms with E-state index in [-0.39, 0.29) is 0 Å². The summed E-state index contributed by atoms with van der Waals surface area (Å²) >= 11 is 3.40. The Kier molecular flexibility index (Phi) is 2.49. The number of hydrogen-bond donors (Lipinski definition) is 1. The molecule has 84 valence electrons. The first-order chi connectivity index (χ1) is 7.72. The van der Waals surface area contributed by atoms with Crippen molar-refractivity contribution in [3.05, 3.63) is 10.9 Å². The molecule has 3 heterocycles. The van der Waals surface area contributed by atoms with Crippen LogP contribution < -0.4 is 5.73 Å². The predicted octanol–water partition coefficient (Wildman–Crippen LogP) is 2.07. The van der Waals surface area contributed by atoms with Crippen LogP contribution in [0.1, 0.15) is 4.88 Å². The highest BCUT2D eigenvalue weighted by Crippen LogP contribution is 2.35. The Morgan fingerprint density at radius 2 is 2.31 bits per heavy atom. The maximum Gasteiger partial charge on any atom is 0.222 e. The molecule has 0 aromatic carbocycles. The number of rotatable bonds is 2. The van der Waals surface area contributed by atoms with Gasteiger partial charge in [0.1, 0.15) is 9.86 Å². The first-order valence-electron chi connectivity index (χ1n) is 5.00. The lowest BCUT2D eigenvalue weighted by atomic mass is 10.4. The molecule has 0 amide bonds. The van der Waals surface area contributed by atoms with Crippen molar-refractivity contribution in [3.8, 4) is 0 Å². The van der Waals surface area contributed by atoms with Crippen molar-refractivity contribution in [2.24, 2.45) is 0 Å². The summed E-state index contributed by atoms with van der Waals surface area (Å²) in [5.74, 6) is 0.358. The van der Waals surface area contributed by atoms with Gasteiger partial charge >= 0.3 is 0 Å². The minimum atomic E-state index is 0.358. The monoisotopic (exact) mass is 253 g/mol. The van der Waals surface area contributed by atoms with Crippen molar-refractivity contribution in [1.29, 1.82) is 0 Å². The zero-order valence-electron chi connectivity index (χ0n) is 8.77. The number of fused-ring (bicyclic) bond motifs is 1. The lowest BCUT2D eigenvalue weighted by Crippen LogP contribution is -2.30. The zero-order chi connectivity index (χ0) is 11.1. The van der Waals surface area contributed by atoms with Crippen LogP contribution in [0.4, 0.5) is 5.95 Å². The highest BCUT2D eigenvalue weighted by atomic mass is 32.2. The lowest BCUT2D eigenvalue weighted by molar-refractivity contribution is 0.0455. The van der Waals surface area contributed by atoms with Gasteiger partial charge in [-0.15, -0.1) is 11.3 Å². The van der Waals surface area contributed by atoms with Gasteiger partial charge in [0.05, 0.1) is 18.5 Å². The molecule has 0 bridgehead atoms. The van der Waals surface area contributed by atoms with Gasteiger partial charge in [0, 0.05) is 10.3 Å². The molecule has 16 heavy (non-hydrogen) atoms. The van der Waals surface area contributed by atoms with Gasteiger partial charge in [-0.3, -0.25) is 0 Å². The van der Waals surface area contributed by atoms with Crippen molar-refractivity contribution in [3.63, 3.8) is 0 Å². The number of nitrogens with zero attached hydrogens (tertiary/aromatic N) is 2. The van der Waals surface area contributed by atoms with E-state index in [1.807, 2.05) is 0 Å². The lowest BCUT2D eigenvalue weighted by Gasteiger charge is -2.24. The van der Waals surface area contributed by atoms with Gasteiger partial charge in [-0.25, -0.2) is 9.97 Å². The number of nitrogens with two attached hydrogens (primary N) is 1. The number of anilines is 1. The van der Waals surface area contributed by atoms with E-state index in [1.165, 1.54) is 4.88 Å². The van der Waals surface area contributed by atoms with Crippen LogP contribution in [-0.2, 0) is 4.74 Å². The zero-order valence-corrected chi connectivity index (χ0v) is 10.4. The normalized spacial score (nSPS) is 16.6. The molecule has 0 atom stereocenters. The molecule has 6 heteroatoms. The summed E-state index contributed by atoms with van der Waals surface area (Å²) < 4.78 is 5.16. The van der Waals surface area contributed by atoms with Gasteiger partial charge in [0.15, 0.2) is 0 Å². The van der Waals surface area contributed by atoms with Gasteiger partial charge in [-0.2, -0.15) is 0 Å². The number of ether oxygens (including phenoxy) is 1. The largest absolute Gasteiger partial charge is 0.379 e. The summed E-state index contributed by atoms with van der Waals surface area (Å²) in [5, 5.41) is 2.62. The van der Waals surface area contributed by atoms with Gasteiger partial charge < -0.3 is 10.5 Å². The van der Waals surface area contributed by atoms with E-state index >= 15 is 0 Å². The highest BCUT2D eigenvalue weighted by Gasteiger charge is 2.22. The Balaban J connectivity index is 2.05. The molecule has 0 spiro atoms.